The third kappa shape index (κ3) is 0.736. The van der Waals surface area contributed by atoms with Gasteiger partial charge in [0.25, 0.3) is 0 Å². The van der Waals surface area contributed by atoms with Crippen LogP contribution in [0.5, 0.6) is 0 Å². The van der Waals surface area contributed by atoms with Gasteiger partial charge in [0.15, 0.2) is 0 Å². The van der Waals surface area contributed by atoms with Crippen molar-refractivity contribution in [3.63, 3.8) is 0 Å². The lowest BCUT2D eigenvalue weighted by atomic mass is 9.81. The normalized spacial score (nSPS) is 29.3. The van der Waals surface area contributed by atoms with Crippen molar-refractivity contribution in [2.45, 2.75) is 24.8 Å². The monoisotopic (exact) mass is 140 g/mol. The van der Waals surface area contributed by atoms with Crippen LogP contribution in [0.3, 0.4) is 0 Å². The maximum atomic E-state index is 11.1. The first kappa shape index (κ1) is 6.16. The van der Waals surface area contributed by atoms with E-state index in [2.05, 4.69) is 0 Å². The zero-order valence-electron chi connectivity index (χ0n) is 5.97. The Morgan fingerprint density at radius 1 is 1.40 bits per heavy atom. The van der Waals surface area contributed by atoms with Crippen LogP contribution in [-0.4, -0.2) is 29.4 Å². The Morgan fingerprint density at radius 2 is 2.00 bits per heavy atom. The smallest absolute Gasteiger partial charge is 0.224 e. The van der Waals surface area contributed by atoms with Crippen molar-refractivity contribution < 1.29 is 4.79 Å². The number of amides is 1. The Bertz CT molecular complexity index is 170. The van der Waals surface area contributed by atoms with E-state index in [9.17, 15) is 4.79 Å². The van der Waals surface area contributed by atoms with Crippen molar-refractivity contribution in [1.29, 1.82) is 0 Å². The lowest BCUT2D eigenvalue weighted by Gasteiger charge is -2.45. The predicted octanol–water partition coefficient (Wildman–Crippen LogP) is -0.290. The second-order valence-corrected chi connectivity index (χ2v) is 3.42. The number of nitrogens with zero attached hydrogens (tertiary/aromatic N) is 1. The number of carbonyl (C=O) groups excluding carboxylic acids is 1. The molecular formula is C7H12N2O. The third-order valence-electron chi connectivity index (χ3n) is 2.62. The molecule has 2 bridgehead atoms. The number of fused-ring (bicyclic) bond motifs is 3. The maximum absolute atomic E-state index is 11.1. The molecule has 3 rings (SSSR count). The van der Waals surface area contributed by atoms with Gasteiger partial charge in [0.2, 0.25) is 5.91 Å². The predicted molar refractivity (Wildman–Crippen MR) is 37.3 cm³/mol. The average molecular weight is 140 g/mol. The Morgan fingerprint density at radius 3 is 2.30 bits per heavy atom. The third-order valence-corrected chi connectivity index (χ3v) is 2.62. The fraction of sp³-hybridized carbons (Fsp3) is 0.857. The highest BCUT2D eigenvalue weighted by Gasteiger charge is 2.40. The van der Waals surface area contributed by atoms with E-state index < -0.39 is 0 Å². The number of hydrogen-bond acceptors (Lipinski definition) is 2. The van der Waals surface area contributed by atoms with Crippen molar-refractivity contribution in [3.8, 4) is 0 Å². The molecule has 0 aliphatic carbocycles. The second-order valence-electron chi connectivity index (χ2n) is 3.42. The van der Waals surface area contributed by atoms with E-state index in [-0.39, 0.29) is 11.4 Å². The molecule has 0 unspecified atom stereocenters. The number of rotatable bonds is 0. The van der Waals surface area contributed by atoms with Crippen LogP contribution in [0, 0.1) is 0 Å². The van der Waals surface area contributed by atoms with Gasteiger partial charge in [-0.3, -0.25) is 4.79 Å². The zero-order chi connectivity index (χ0) is 7.19. The van der Waals surface area contributed by atoms with Gasteiger partial charge >= 0.3 is 0 Å². The van der Waals surface area contributed by atoms with E-state index in [4.69, 9.17) is 5.73 Å². The quantitative estimate of drug-likeness (QED) is 0.502. The second kappa shape index (κ2) is 1.72. The molecule has 3 aliphatic rings. The minimum atomic E-state index is -0.133. The fourth-order valence-electron chi connectivity index (χ4n) is 1.79. The molecule has 0 atom stereocenters. The first-order valence-electron chi connectivity index (χ1n) is 3.76. The summed E-state index contributed by atoms with van der Waals surface area (Å²) in [4.78, 5) is 13.0. The molecule has 3 heteroatoms. The SMILES string of the molecule is NC12CCN(CC1)C(=O)C2. The minimum absolute atomic E-state index is 0.133. The van der Waals surface area contributed by atoms with Gasteiger partial charge in [-0.1, -0.05) is 0 Å². The van der Waals surface area contributed by atoms with Gasteiger partial charge < -0.3 is 10.6 Å². The van der Waals surface area contributed by atoms with E-state index in [1.54, 1.807) is 0 Å². The first-order chi connectivity index (χ1) is 4.70. The van der Waals surface area contributed by atoms with Crippen LogP contribution in [0.25, 0.3) is 0 Å². The van der Waals surface area contributed by atoms with E-state index in [1.165, 1.54) is 0 Å². The Labute approximate surface area is 60.2 Å². The first-order valence-corrected chi connectivity index (χ1v) is 3.76. The van der Waals surface area contributed by atoms with Crippen LogP contribution in [0.2, 0.25) is 0 Å². The standard InChI is InChI=1S/C7H12N2O/c8-7-1-3-9(4-2-7)6(10)5-7/h1-5,8H2. The molecule has 0 aromatic carbocycles. The van der Waals surface area contributed by atoms with Crippen LogP contribution < -0.4 is 5.73 Å². The molecule has 3 nitrogen and oxygen atoms in total. The molecule has 3 saturated heterocycles. The fourth-order valence-corrected chi connectivity index (χ4v) is 1.79. The topological polar surface area (TPSA) is 46.3 Å². The van der Waals surface area contributed by atoms with Crippen LogP contribution >= 0.6 is 0 Å². The lowest BCUT2D eigenvalue weighted by molar-refractivity contribution is -0.140. The molecule has 3 aliphatic heterocycles. The molecule has 2 N–H and O–H groups in total. The number of piperidine rings is 3. The summed E-state index contributed by atoms with van der Waals surface area (Å²) in [6.45, 7) is 1.77. The van der Waals surface area contributed by atoms with Crippen molar-refractivity contribution in [3.05, 3.63) is 0 Å². The molecule has 3 fully saturated rings. The Hall–Kier alpha value is -0.570. The summed E-state index contributed by atoms with van der Waals surface area (Å²) in [5.74, 6) is 0.250. The minimum Gasteiger partial charge on any atom is -0.343 e. The van der Waals surface area contributed by atoms with Crippen LogP contribution in [-0.2, 0) is 4.79 Å². The summed E-state index contributed by atoms with van der Waals surface area (Å²) >= 11 is 0. The molecule has 3 heterocycles. The highest BCUT2D eigenvalue weighted by Crippen LogP contribution is 2.29. The summed E-state index contributed by atoms with van der Waals surface area (Å²) in [7, 11) is 0. The van der Waals surface area contributed by atoms with E-state index >= 15 is 0 Å². The highest BCUT2D eigenvalue weighted by molar-refractivity contribution is 5.79. The van der Waals surface area contributed by atoms with Crippen molar-refractivity contribution in [2.24, 2.45) is 5.73 Å². The van der Waals surface area contributed by atoms with E-state index in [0.717, 1.165) is 25.9 Å². The van der Waals surface area contributed by atoms with Crippen LogP contribution in [0.15, 0.2) is 0 Å². The Balaban J connectivity index is 2.22. The van der Waals surface area contributed by atoms with E-state index in [0.29, 0.717) is 6.42 Å². The van der Waals surface area contributed by atoms with Gasteiger partial charge in [-0.2, -0.15) is 0 Å². The number of carbonyl (C=O) groups is 1. The average Bonchev–Trinajstić information content (AvgIpc) is 1.87. The molecule has 0 aromatic rings. The van der Waals surface area contributed by atoms with Crippen molar-refractivity contribution in [1.82, 2.24) is 4.90 Å². The van der Waals surface area contributed by atoms with Crippen molar-refractivity contribution in [2.75, 3.05) is 13.1 Å². The largest absolute Gasteiger partial charge is 0.343 e. The molecule has 10 heavy (non-hydrogen) atoms. The van der Waals surface area contributed by atoms with E-state index in [1.807, 2.05) is 4.90 Å². The summed E-state index contributed by atoms with van der Waals surface area (Å²) < 4.78 is 0. The molecular weight excluding hydrogens is 128 g/mol. The molecule has 0 radical (unpaired) electrons. The summed E-state index contributed by atoms with van der Waals surface area (Å²) in [6.07, 6.45) is 2.57. The number of nitrogens with two attached hydrogens (primary N) is 1. The number of hydrogen-bond donors (Lipinski definition) is 1. The zero-order valence-corrected chi connectivity index (χ0v) is 5.97. The molecule has 56 valence electrons. The van der Waals surface area contributed by atoms with Gasteiger partial charge in [0, 0.05) is 25.0 Å². The van der Waals surface area contributed by atoms with Gasteiger partial charge in [0.1, 0.15) is 0 Å². The summed E-state index contributed by atoms with van der Waals surface area (Å²) in [5, 5.41) is 0. The highest BCUT2D eigenvalue weighted by atomic mass is 16.2. The van der Waals surface area contributed by atoms with Gasteiger partial charge in [0.05, 0.1) is 0 Å². The van der Waals surface area contributed by atoms with Gasteiger partial charge in [-0.15, -0.1) is 0 Å². The van der Waals surface area contributed by atoms with Crippen molar-refractivity contribution >= 4 is 5.91 Å². The Kier molecular flexibility index (Phi) is 1.06. The maximum Gasteiger partial charge on any atom is 0.224 e. The summed E-state index contributed by atoms with van der Waals surface area (Å²) in [6, 6.07) is 0. The molecule has 0 saturated carbocycles. The molecule has 0 aromatic heterocycles. The lowest BCUT2D eigenvalue weighted by Crippen LogP contribution is -2.59. The van der Waals surface area contributed by atoms with Crippen LogP contribution in [0.4, 0.5) is 0 Å². The van der Waals surface area contributed by atoms with Gasteiger partial charge in [-0.25, -0.2) is 0 Å². The summed E-state index contributed by atoms with van der Waals surface area (Å²) in [5.41, 5.74) is 5.81. The molecule has 0 spiro atoms. The van der Waals surface area contributed by atoms with Gasteiger partial charge in [-0.05, 0) is 12.8 Å². The van der Waals surface area contributed by atoms with Crippen LogP contribution in [0.1, 0.15) is 19.3 Å². The molecule has 1 amide bonds.